The highest BCUT2D eigenvalue weighted by Crippen LogP contribution is 2.28. The van der Waals surface area contributed by atoms with E-state index in [1.807, 2.05) is 12.1 Å². The molecule has 2 aromatic rings. The molecule has 1 amide bonds. The van der Waals surface area contributed by atoms with Gasteiger partial charge in [0.2, 0.25) is 5.91 Å². The van der Waals surface area contributed by atoms with Gasteiger partial charge in [-0.15, -0.1) is 0 Å². The largest absolute Gasteiger partial charge is 0.455 e. The molecule has 0 unspecified atom stereocenters. The monoisotopic (exact) mass is 242 g/mol. The number of aryl methyl sites for hydroxylation is 1. The Morgan fingerprint density at radius 1 is 1.17 bits per heavy atom. The van der Waals surface area contributed by atoms with Gasteiger partial charge in [0.1, 0.15) is 11.5 Å². The summed E-state index contributed by atoms with van der Waals surface area (Å²) < 4.78 is 5.65. The van der Waals surface area contributed by atoms with E-state index in [0.29, 0.717) is 22.7 Å². The van der Waals surface area contributed by atoms with Crippen molar-refractivity contribution in [2.75, 3.05) is 5.73 Å². The van der Waals surface area contributed by atoms with Gasteiger partial charge in [-0.3, -0.25) is 4.79 Å². The van der Waals surface area contributed by atoms with Crippen LogP contribution < -0.4 is 16.2 Å². The second-order valence-electron chi connectivity index (χ2n) is 3.98. The Balaban J connectivity index is 2.29. The molecule has 0 aliphatic carbocycles. The molecule has 92 valence electrons. The van der Waals surface area contributed by atoms with Gasteiger partial charge in [-0.05, 0) is 42.8 Å². The van der Waals surface area contributed by atoms with Crippen molar-refractivity contribution in [1.29, 1.82) is 0 Å². The van der Waals surface area contributed by atoms with Crippen LogP contribution in [0.3, 0.4) is 0 Å². The van der Waals surface area contributed by atoms with Crippen LogP contribution in [0, 0.1) is 6.92 Å². The number of carbonyl (C=O) groups excluding carboxylic acids is 1. The minimum absolute atomic E-state index is 0.446. The Hall–Kier alpha value is -2.49. The molecule has 0 heterocycles. The van der Waals surface area contributed by atoms with Crippen molar-refractivity contribution in [2.45, 2.75) is 6.92 Å². The molecule has 0 spiro atoms. The Morgan fingerprint density at radius 3 is 2.50 bits per heavy atom. The van der Waals surface area contributed by atoms with E-state index in [0.717, 1.165) is 5.56 Å². The predicted molar refractivity (Wildman–Crippen MR) is 70.6 cm³/mol. The first kappa shape index (κ1) is 12.0. The molecule has 2 aromatic carbocycles. The van der Waals surface area contributed by atoms with Crippen LogP contribution in [0.4, 0.5) is 5.69 Å². The molecule has 18 heavy (non-hydrogen) atoms. The maximum Gasteiger partial charge on any atom is 0.248 e. The summed E-state index contributed by atoms with van der Waals surface area (Å²) in [7, 11) is 0. The van der Waals surface area contributed by atoms with Gasteiger partial charge in [-0.2, -0.15) is 0 Å². The number of amides is 1. The highest BCUT2D eigenvalue weighted by atomic mass is 16.5. The summed E-state index contributed by atoms with van der Waals surface area (Å²) in [5.41, 5.74) is 12.9. The molecular weight excluding hydrogens is 228 g/mol. The van der Waals surface area contributed by atoms with Crippen molar-refractivity contribution in [1.82, 2.24) is 0 Å². The van der Waals surface area contributed by atoms with Crippen LogP contribution in [0.25, 0.3) is 0 Å². The Kier molecular flexibility index (Phi) is 3.19. The molecule has 4 nitrogen and oxygen atoms in total. The smallest absolute Gasteiger partial charge is 0.248 e. The Morgan fingerprint density at radius 2 is 1.89 bits per heavy atom. The molecule has 4 N–H and O–H groups in total. The average Bonchev–Trinajstić information content (AvgIpc) is 2.32. The van der Waals surface area contributed by atoms with Gasteiger partial charge in [0.05, 0.1) is 5.69 Å². The van der Waals surface area contributed by atoms with Crippen LogP contribution >= 0.6 is 0 Å². The molecule has 0 aliphatic rings. The van der Waals surface area contributed by atoms with E-state index in [1.165, 1.54) is 0 Å². The summed E-state index contributed by atoms with van der Waals surface area (Å²) in [5.74, 6) is 0.761. The van der Waals surface area contributed by atoms with Crippen molar-refractivity contribution in [3.63, 3.8) is 0 Å². The Bertz CT molecular complexity index is 594. The first-order chi connectivity index (χ1) is 8.58. The summed E-state index contributed by atoms with van der Waals surface area (Å²) in [6.45, 7) is 1.81. The zero-order chi connectivity index (χ0) is 13.1. The van der Waals surface area contributed by atoms with Crippen molar-refractivity contribution in [3.05, 3.63) is 53.6 Å². The lowest BCUT2D eigenvalue weighted by atomic mass is 10.1. The lowest BCUT2D eigenvalue weighted by Gasteiger charge is -2.09. The number of benzene rings is 2. The second kappa shape index (κ2) is 4.79. The van der Waals surface area contributed by atoms with Crippen molar-refractivity contribution < 1.29 is 9.53 Å². The van der Waals surface area contributed by atoms with E-state index in [1.54, 1.807) is 37.3 Å². The third-order valence-corrected chi connectivity index (χ3v) is 2.61. The molecule has 0 bridgehead atoms. The maximum atomic E-state index is 11.1. The van der Waals surface area contributed by atoms with Gasteiger partial charge in [-0.25, -0.2) is 0 Å². The van der Waals surface area contributed by atoms with E-state index in [-0.39, 0.29) is 0 Å². The summed E-state index contributed by atoms with van der Waals surface area (Å²) in [4.78, 5) is 11.1. The molecule has 0 aliphatic heterocycles. The standard InChI is InChI=1S/C14H14N2O2/c1-9-8-10(6-7-11(9)14(16)17)18-13-5-3-2-4-12(13)15/h2-8H,15H2,1H3,(H2,16,17). The van der Waals surface area contributed by atoms with Crippen LogP contribution in [0.2, 0.25) is 0 Å². The van der Waals surface area contributed by atoms with E-state index in [9.17, 15) is 4.79 Å². The topological polar surface area (TPSA) is 78.3 Å². The number of para-hydroxylation sites is 2. The summed E-state index contributed by atoms with van der Waals surface area (Å²) >= 11 is 0. The fourth-order valence-corrected chi connectivity index (χ4v) is 1.68. The van der Waals surface area contributed by atoms with Crippen LogP contribution in [0.1, 0.15) is 15.9 Å². The van der Waals surface area contributed by atoms with Crippen LogP contribution in [-0.2, 0) is 0 Å². The van der Waals surface area contributed by atoms with Crippen LogP contribution in [0.15, 0.2) is 42.5 Å². The van der Waals surface area contributed by atoms with Crippen LogP contribution in [-0.4, -0.2) is 5.91 Å². The zero-order valence-corrected chi connectivity index (χ0v) is 10.0. The summed E-state index contributed by atoms with van der Waals surface area (Å²) in [6, 6.07) is 12.3. The number of primary amides is 1. The van der Waals surface area contributed by atoms with Gasteiger partial charge in [0.25, 0.3) is 0 Å². The minimum Gasteiger partial charge on any atom is -0.455 e. The third-order valence-electron chi connectivity index (χ3n) is 2.61. The quantitative estimate of drug-likeness (QED) is 0.811. The number of hydrogen-bond donors (Lipinski definition) is 2. The fourth-order valence-electron chi connectivity index (χ4n) is 1.68. The average molecular weight is 242 g/mol. The molecule has 0 atom stereocenters. The predicted octanol–water partition coefficient (Wildman–Crippen LogP) is 2.47. The molecule has 0 fully saturated rings. The highest BCUT2D eigenvalue weighted by Gasteiger charge is 2.07. The van der Waals surface area contributed by atoms with Crippen molar-refractivity contribution in [3.8, 4) is 11.5 Å². The number of anilines is 1. The summed E-state index contributed by atoms with van der Waals surface area (Å²) in [5, 5.41) is 0. The van der Waals surface area contributed by atoms with Crippen molar-refractivity contribution in [2.24, 2.45) is 5.73 Å². The highest BCUT2D eigenvalue weighted by molar-refractivity contribution is 5.94. The number of rotatable bonds is 3. The Labute approximate surface area is 105 Å². The lowest BCUT2D eigenvalue weighted by molar-refractivity contribution is 0.0999. The number of hydrogen-bond acceptors (Lipinski definition) is 3. The number of nitrogen functional groups attached to an aromatic ring is 1. The van der Waals surface area contributed by atoms with Gasteiger partial charge in [-0.1, -0.05) is 12.1 Å². The lowest BCUT2D eigenvalue weighted by Crippen LogP contribution is -2.12. The molecule has 2 rings (SSSR count). The molecule has 0 saturated carbocycles. The fraction of sp³-hybridized carbons (Fsp3) is 0.0714. The van der Waals surface area contributed by atoms with E-state index in [4.69, 9.17) is 16.2 Å². The molecule has 4 heteroatoms. The number of ether oxygens (including phenoxy) is 1. The van der Waals surface area contributed by atoms with E-state index >= 15 is 0 Å². The molecule has 0 radical (unpaired) electrons. The third kappa shape index (κ3) is 2.43. The van der Waals surface area contributed by atoms with E-state index < -0.39 is 5.91 Å². The van der Waals surface area contributed by atoms with E-state index in [2.05, 4.69) is 0 Å². The first-order valence-corrected chi connectivity index (χ1v) is 5.51. The first-order valence-electron chi connectivity index (χ1n) is 5.51. The van der Waals surface area contributed by atoms with Gasteiger partial charge < -0.3 is 16.2 Å². The van der Waals surface area contributed by atoms with Gasteiger partial charge in [0.15, 0.2) is 0 Å². The molecular formula is C14H14N2O2. The summed E-state index contributed by atoms with van der Waals surface area (Å²) in [6.07, 6.45) is 0. The maximum absolute atomic E-state index is 11.1. The zero-order valence-electron chi connectivity index (χ0n) is 10.0. The van der Waals surface area contributed by atoms with Gasteiger partial charge >= 0.3 is 0 Å². The van der Waals surface area contributed by atoms with Crippen molar-refractivity contribution >= 4 is 11.6 Å². The van der Waals surface area contributed by atoms with Crippen LogP contribution in [0.5, 0.6) is 11.5 Å². The second-order valence-corrected chi connectivity index (χ2v) is 3.98. The minimum atomic E-state index is -0.446. The number of carbonyl (C=O) groups is 1. The molecule has 0 saturated heterocycles. The number of nitrogens with two attached hydrogens (primary N) is 2. The normalized spacial score (nSPS) is 10.1. The molecule has 0 aromatic heterocycles. The SMILES string of the molecule is Cc1cc(Oc2ccccc2N)ccc1C(N)=O. The van der Waals surface area contributed by atoms with Gasteiger partial charge in [0, 0.05) is 5.56 Å².